The van der Waals surface area contributed by atoms with E-state index in [0.29, 0.717) is 6.54 Å². The molecule has 96 valence electrons. The topological polar surface area (TPSA) is 60.0 Å². The highest BCUT2D eigenvalue weighted by molar-refractivity contribution is 5.14. The van der Waals surface area contributed by atoms with E-state index in [4.69, 9.17) is 5.73 Å². The molecule has 1 heterocycles. The second-order valence-corrected chi connectivity index (χ2v) is 4.28. The molecule has 1 aromatic heterocycles. The van der Waals surface area contributed by atoms with E-state index < -0.39 is 0 Å². The Balaban J connectivity index is 2.02. The van der Waals surface area contributed by atoms with E-state index in [1.165, 1.54) is 5.56 Å². The zero-order valence-electron chi connectivity index (χ0n) is 10.7. The third-order valence-corrected chi connectivity index (χ3v) is 2.86. The molecular formula is C13H19N5. The molecule has 0 fully saturated rings. The number of hydrogen-bond acceptors (Lipinski definition) is 4. The van der Waals surface area contributed by atoms with Crippen LogP contribution in [0.5, 0.6) is 0 Å². The van der Waals surface area contributed by atoms with Crippen LogP contribution in [-0.4, -0.2) is 32.8 Å². The van der Waals surface area contributed by atoms with Crippen molar-refractivity contribution in [1.29, 1.82) is 0 Å². The predicted octanol–water partition coefficient (Wildman–Crippen LogP) is 0.776. The largest absolute Gasteiger partial charge is 0.329 e. The van der Waals surface area contributed by atoms with Gasteiger partial charge in [-0.1, -0.05) is 30.3 Å². The van der Waals surface area contributed by atoms with Gasteiger partial charge in [0.05, 0.1) is 6.54 Å². The molecule has 18 heavy (non-hydrogen) atoms. The van der Waals surface area contributed by atoms with Gasteiger partial charge in [0.1, 0.15) is 12.2 Å². The van der Waals surface area contributed by atoms with Gasteiger partial charge in [0, 0.05) is 26.7 Å². The zero-order valence-corrected chi connectivity index (χ0v) is 10.7. The molecule has 0 spiro atoms. The van der Waals surface area contributed by atoms with Crippen molar-refractivity contribution in [2.45, 2.75) is 13.1 Å². The first kappa shape index (κ1) is 12.7. The summed E-state index contributed by atoms with van der Waals surface area (Å²) < 4.78 is 1.80. The summed E-state index contributed by atoms with van der Waals surface area (Å²) in [5.74, 6) is 0.958. The lowest BCUT2D eigenvalue weighted by Gasteiger charge is -2.20. The van der Waals surface area contributed by atoms with E-state index in [2.05, 4.69) is 39.2 Å². The quantitative estimate of drug-likeness (QED) is 0.817. The Hall–Kier alpha value is -1.72. The summed E-state index contributed by atoms with van der Waals surface area (Å²) >= 11 is 0. The Kier molecular flexibility index (Phi) is 4.44. The highest BCUT2D eigenvalue weighted by Gasteiger charge is 2.09. The summed E-state index contributed by atoms with van der Waals surface area (Å²) in [5, 5.41) is 4.08. The minimum atomic E-state index is 0.644. The van der Waals surface area contributed by atoms with Gasteiger partial charge in [-0.3, -0.25) is 9.58 Å². The molecule has 0 radical (unpaired) electrons. The lowest BCUT2D eigenvalue weighted by atomic mass is 10.2. The summed E-state index contributed by atoms with van der Waals surface area (Å²) in [7, 11) is 1.91. The SMILES string of the molecule is Cn1ncnc1CN(CCN)Cc1ccccc1. The second-order valence-electron chi connectivity index (χ2n) is 4.28. The molecule has 0 aliphatic rings. The molecular weight excluding hydrogens is 226 g/mol. The molecule has 1 aromatic carbocycles. The Labute approximate surface area is 107 Å². The number of hydrogen-bond donors (Lipinski definition) is 1. The van der Waals surface area contributed by atoms with Gasteiger partial charge in [-0.25, -0.2) is 4.98 Å². The highest BCUT2D eigenvalue weighted by Crippen LogP contribution is 2.07. The molecule has 0 amide bonds. The predicted molar refractivity (Wildman–Crippen MR) is 70.6 cm³/mol. The van der Waals surface area contributed by atoms with Crippen molar-refractivity contribution in [3.8, 4) is 0 Å². The molecule has 0 atom stereocenters. The standard InChI is InChI=1S/C13H19N5/c1-17-13(15-11-16-17)10-18(8-7-14)9-12-5-3-2-4-6-12/h2-6,11H,7-10,14H2,1H3. The summed E-state index contributed by atoms with van der Waals surface area (Å²) in [6.07, 6.45) is 1.58. The van der Waals surface area contributed by atoms with Gasteiger partial charge in [-0.2, -0.15) is 5.10 Å². The lowest BCUT2D eigenvalue weighted by molar-refractivity contribution is 0.254. The van der Waals surface area contributed by atoms with Gasteiger partial charge in [0.25, 0.3) is 0 Å². The van der Waals surface area contributed by atoms with Crippen molar-refractivity contribution in [2.24, 2.45) is 12.8 Å². The molecule has 0 saturated heterocycles. The smallest absolute Gasteiger partial charge is 0.140 e. The van der Waals surface area contributed by atoms with Gasteiger partial charge in [0.15, 0.2) is 0 Å². The summed E-state index contributed by atoms with van der Waals surface area (Å²) in [4.78, 5) is 6.53. The molecule has 2 N–H and O–H groups in total. The van der Waals surface area contributed by atoms with E-state index >= 15 is 0 Å². The fourth-order valence-electron chi connectivity index (χ4n) is 1.90. The van der Waals surface area contributed by atoms with Gasteiger partial charge >= 0.3 is 0 Å². The third kappa shape index (κ3) is 3.38. The molecule has 5 heteroatoms. The molecule has 0 aliphatic carbocycles. The number of nitrogens with zero attached hydrogens (tertiary/aromatic N) is 4. The maximum Gasteiger partial charge on any atom is 0.140 e. The maximum atomic E-state index is 5.67. The minimum Gasteiger partial charge on any atom is -0.329 e. The van der Waals surface area contributed by atoms with Crippen LogP contribution in [0.3, 0.4) is 0 Å². The average molecular weight is 245 g/mol. The first-order chi connectivity index (χ1) is 8.79. The molecule has 5 nitrogen and oxygen atoms in total. The molecule has 2 rings (SSSR count). The Morgan fingerprint density at radius 3 is 2.61 bits per heavy atom. The van der Waals surface area contributed by atoms with E-state index in [1.807, 2.05) is 13.1 Å². The van der Waals surface area contributed by atoms with Crippen LogP contribution in [-0.2, 0) is 20.1 Å². The number of aryl methyl sites for hydroxylation is 1. The molecule has 2 aromatic rings. The normalized spacial score (nSPS) is 11.1. The summed E-state index contributed by atoms with van der Waals surface area (Å²) in [5.41, 5.74) is 6.95. The highest BCUT2D eigenvalue weighted by atomic mass is 15.3. The van der Waals surface area contributed by atoms with Crippen molar-refractivity contribution in [2.75, 3.05) is 13.1 Å². The van der Waals surface area contributed by atoms with Crippen LogP contribution < -0.4 is 5.73 Å². The number of nitrogens with two attached hydrogens (primary N) is 1. The van der Waals surface area contributed by atoms with E-state index in [0.717, 1.165) is 25.5 Å². The summed E-state index contributed by atoms with van der Waals surface area (Å²) in [6.45, 7) is 3.14. The Morgan fingerprint density at radius 1 is 1.22 bits per heavy atom. The van der Waals surface area contributed by atoms with Crippen LogP contribution >= 0.6 is 0 Å². The van der Waals surface area contributed by atoms with Crippen LogP contribution in [0.4, 0.5) is 0 Å². The van der Waals surface area contributed by atoms with Crippen LogP contribution in [0.15, 0.2) is 36.7 Å². The van der Waals surface area contributed by atoms with E-state index in [-0.39, 0.29) is 0 Å². The van der Waals surface area contributed by atoms with Crippen LogP contribution in [0.1, 0.15) is 11.4 Å². The first-order valence-electron chi connectivity index (χ1n) is 6.09. The van der Waals surface area contributed by atoms with Gasteiger partial charge in [0.2, 0.25) is 0 Å². The fraction of sp³-hybridized carbons (Fsp3) is 0.385. The van der Waals surface area contributed by atoms with Crippen LogP contribution in [0.2, 0.25) is 0 Å². The van der Waals surface area contributed by atoms with Crippen LogP contribution in [0, 0.1) is 0 Å². The van der Waals surface area contributed by atoms with Gasteiger partial charge < -0.3 is 5.73 Å². The third-order valence-electron chi connectivity index (χ3n) is 2.86. The number of aromatic nitrogens is 3. The molecule has 0 unspecified atom stereocenters. The fourth-order valence-corrected chi connectivity index (χ4v) is 1.90. The maximum absolute atomic E-state index is 5.67. The Morgan fingerprint density at radius 2 is 2.00 bits per heavy atom. The monoisotopic (exact) mass is 245 g/mol. The van der Waals surface area contributed by atoms with Crippen LogP contribution in [0.25, 0.3) is 0 Å². The number of benzene rings is 1. The zero-order chi connectivity index (χ0) is 12.8. The summed E-state index contributed by atoms with van der Waals surface area (Å²) in [6, 6.07) is 10.4. The van der Waals surface area contributed by atoms with Crippen molar-refractivity contribution in [1.82, 2.24) is 19.7 Å². The Bertz CT molecular complexity index is 465. The average Bonchev–Trinajstić information content (AvgIpc) is 2.77. The van der Waals surface area contributed by atoms with Crippen molar-refractivity contribution < 1.29 is 0 Å². The van der Waals surface area contributed by atoms with Crippen molar-refractivity contribution in [3.63, 3.8) is 0 Å². The van der Waals surface area contributed by atoms with Crippen molar-refractivity contribution in [3.05, 3.63) is 48.0 Å². The van der Waals surface area contributed by atoms with Gasteiger partial charge in [-0.05, 0) is 5.56 Å². The van der Waals surface area contributed by atoms with E-state index in [1.54, 1.807) is 11.0 Å². The molecule has 0 bridgehead atoms. The second kappa shape index (κ2) is 6.28. The molecule has 0 saturated carbocycles. The van der Waals surface area contributed by atoms with Gasteiger partial charge in [-0.15, -0.1) is 0 Å². The number of rotatable bonds is 6. The van der Waals surface area contributed by atoms with Crippen molar-refractivity contribution >= 4 is 0 Å². The molecule has 0 aliphatic heterocycles. The minimum absolute atomic E-state index is 0.644. The first-order valence-corrected chi connectivity index (χ1v) is 6.09. The van der Waals surface area contributed by atoms with E-state index in [9.17, 15) is 0 Å². The lowest BCUT2D eigenvalue weighted by Crippen LogP contribution is -2.29.